The minimum Gasteiger partial charge on any atom is -0.360 e. The predicted molar refractivity (Wildman–Crippen MR) is 94.8 cm³/mol. The number of nitriles is 1. The molecule has 0 unspecified atom stereocenters. The molecule has 0 radical (unpaired) electrons. The van der Waals surface area contributed by atoms with Crippen molar-refractivity contribution in [3.63, 3.8) is 0 Å². The summed E-state index contributed by atoms with van der Waals surface area (Å²) in [5.41, 5.74) is 2.73. The number of allylic oxidation sites excluding steroid dienone is 1. The Hall–Kier alpha value is -1.79. The van der Waals surface area contributed by atoms with Crippen LogP contribution in [-0.4, -0.2) is 18.4 Å². The summed E-state index contributed by atoms with van der Waals surface area (Å²) >= 11 is 5.91. The van der Waals surface area contributed by atoms with Gasteiger partial charge in [-0.1, -0.05) is 45.4 Å². The Morgan fingerprint density at radius 2 is 2.09 bits per heavy atom. The standard InChI is InChI=1S/C19H23ClN2O/c1-12(2)18(17(23)8-13(3)20)22-11-19(4,5)15-7-6-14(10-21)9-16(15)22/h6-9,12,18H,11H2,1-5H3/t18-/m1/s1. The maximum atomic E-state index is 12.7. The highest BCUT2D eigenvalue weighted by Crippen LogP contribution is 2.43. The molecular weight excluding hydrogens is 308 g/mol. The van der Waals surface area contributed by atoms with Crippen LogP contribution >= 0.6 is 11.6 Å². The molecule has 0 amide bonds. The number of hydrogen-bond donors (Lipinski definition) is 0. The van der Waals surface area contributed by atoms with Gasteiger partial charge in [-0.3, -0.25) is 4.79 Å². The van der Waals surface area contributed by atoms with Gasteiger partial charge in [0.1, 0.15) is 0 Å². The maximum Gasteiger partial charge on any atom is 0.179 e. The maximum absolute atomic E-state index is 12.7. The topological polar surface area (TPSA) is 44.1 Å². The van der Waals surface area contributed by atoms with E-state index in [1.165, 1.54) is 11.6 Å². The van der Waals surface area contributed by atoms with Crippen LogP contribution in [0.2, 0.25) is 0 Å². The molecule has 1 aliphatic heterocycles. The fourth-order valence-corrected chi connectivity index (χ4v) is 3.49. The van der Waals surface area contributed by atoms with Crippen molar-refractivity contribution in [1.29, 1.82) is 5.26 Å². The van der Waals surface area contributed by atoms with Gasteiger partial charge in [-0.05, 0) is 36.6 Å². The van der Waals surface area contributed by atoms with Gasteiger partial charge in [0.2, 0.25) is 0 Å². The minimum absolute atomic E-state index is 0.0125. The molecule has 0 fully saturated rings. The summed E-state index contributed by atoms with van der Waals surface area (Å²) in [4.78, 5) is 14.8. The zero-order valence-electron chi connectivity index (χ0n) is 14.4. The molecule has 0 saturated carbocycles. The molecular formula is C19H23ClN2O. The van der Waals surface area contributed by atoms with E-state index in [2.05, 4.69) is 24.8 Å². The molecule has 4 heteroatoms. The second-order valence-electron chi connectivity index (χ2n) is 7.18. The zero-order chi connectivity index (χ0) is 17.4. The Labute approximate surface area is 143 Å². The Bertz CT molecular complexity index is 694. The van der Waals surface area contributed by atoms with Crippen LogP contribution in [0, 0.1) is 17.2 Å². The summed E-state index contributed by atoms with van der Waals surface area (Å²) in [6.45, 7) is 10.9. The summed E-state index contributed by atoms with van der Waals surface area (Å²) in [7, 11) is 0. The monoisotopic (exact) mass is 330 g/mol. The third kappa shape index (κ3) is 3.43. The van der Waals surface area contributed by atoms with E-state index in [4.69, 9.17) is 11.6 Å². The lowest BCUT2D eigenvalue weighted by Gasteiger charge is -2.32. The Morgan fingerprint density at radius 1 is 1.43 bits per heavy atom. The van der Waals surface area contributed by atoms with E-state index in [1.54, 1.807) is 6.92 Å². The highest BCUT2D eigenvalue weighted by Gasteiger charge is 2.41. The average molecular weight is 331 g/mol. The number of carbonyl (C=O) groups is 1. The Kier molecular flexibility index (Phi) is 4.87. The van der Waals surface area contributed by atoms with Gasteiger partial charge in [-0.15, -0.1) is 0 Å². The fourth-order valence-electron chi connectivity index (χ4n) is 3.38. The van der Waals surface area contributed by atoms with Crippen molar-refractivity contribution < 1.29 is 4.79 Å². The van der Waals surface area contributed by atoms with Gasteiger partial charge in [0, 0.05) is 22.7 Å². The molecule has 0 bridgehead atoms. The number of hydrogen-bond acceptors (Lipinski definition) is 3. The second-order valence-corrected chi connectivity index (χ2v) is 7.77. The van der Waals surface area contributed by atoms with E-state index in [0.717, 1.165) is 12.2 Å². The van der Waals surface area contributed by atoms with E-state index in [-0.39, 0.29) is 23.2 Å². The van der Waals surface area contributed by atoms with E-state index in [0.29, 0.717) is 10.6 Å². The van der Waals surface area contributed by atoms with Crippen molar-refractivity contribution in [3.8, 4) is 6.07 Å². The van der Waals surface area contributed by atoms with Crippen molar-refractivity contribution in [2.24, 2.45) is 5.92 Å². The summed E-state index contributed by atoms with van der Waals surface area (Å²) in [6.07, 6.45) is 1.51. The summed E-state index contributed by atoms with van der Waals surface area (Å²) in [5.74, 6) is 0.153. The van der Waals surface area contributed by atoms with Gasteiger partial charge < -0.3 is 4.90 Å². The van der Waals surface area contributed by atoms with Crippen LogP contribution in [0.5, 0.6) is 0 Å². The lowest BCUT2D eigenvalue weighted by atomic mass is 9.86. The number of anilines is 1. The SMILES string of the molecule is CC(Cl)=CC(=O)[C@@H](C(C)C)N1CC(C)(C)c2ccc(C#N)cc21. The van der Waals surface area contributed by atoms with Crippen LogP contribution in [0.4, 0.5) is 5.69 Å². The summed E-state index contributed by atoms with van der Waals surface area (Å²) in [5, 5.41) is 9.69. The Morgan fingerprint density at radius 3 is 2.61 bits per heavy atom. The van der Waals surface area contributed by atoms with E-state index in [1.807, 2.05) is 32.0 Å². The number of fused-ring (bicyclic) bond motifs is 1. The predicted octanol–water partition coefficient (Wildman–Crippen LogP) is 4.39. The zero-order valence-corrected chi connectivity index (χ0v) is 15.1. The van der Waals surface area contributed by atoms with Gasteiger partial charge in [0.25, 0.3) is 0 Å². The molecule has 122 valence electrons. The number of carbonyl (C=O) groups excluding carboxylic acids is 1. The third-order valence-corrected chi connectivity index (χ3v) is 4.44. The first-order valence-electron chi connectivity index (χ1n) is 7.86. The summed E-state index contributed by atoms with van der Waals surface area (Å²) in [6, 6.07) is 7.66. The number of rotatable bonds is 4. The molecule has 1 atom stereocenters. The van der Waals surface area contributed by atoms with E-state index >= 15 is 0 Å². The number of nitrogens with zero attached hydrogens (tertiary/aromatic N) is 2. The molecule has 1 aliphatic rings. The molecule has 1 aromatic rings. The molecule has 0 aliphatic carbocycles. The molecule has 0 spiro atoms. The van der Waals surface area contributed by atoms with Crippen LogP contribution in [0.1, 0.15) is 45.7 Å². The largest absolute Gasteiger partial charge is 0.360 e. The van der Waals surface area contributed by atoms with Crippen LogP contribution in [0.25, 0.3) is 0 Å². The first-order valence-corrected chi connectivity index (χ1v) is 8.24. The van der Waals surface area contributed by atoms with Crippen molar-refractivity contribution in [2.75, 3.05) is 11.4 Å². The Balaban J connectivity index is 2.54. The van der Waals surface area contributed by atoms with Crippen LogP contribution in [-0.2, 0) is 10.2 Å². The van der Waals surface area contributed by atoms with Crippen molar-refractivity contribution >= 4 is 23.1 Å². The van der Waals surface area contributed by atoms with Crippen molar-refractivity contribution in [1.82, 2.24) is 0 Å². The average Bonchev–Trinajstić information content (AvgIpc) is 2.69. The van der Waals surface area contributed by atoms with Gasteiger partial charge in [-0.2, -0.15) is 5.26 Å². The molecule has 0 N–H and O–H groups in total. The normalized spacial score (nSPS) is 17.8. The molecule has 0 saturated heterocycles. The lowest BCUT2D eigenvalue weighted by Crippen LogP contribution is -2.45. The van der Waals surface area contributed by atoms with Gasteiger partial charge in [0.15, 0.2) is 5.78 Å². The molecule has 3 nitrogen and oxygen atoms in total. The summed E-state index contributed by atoms with van der Waals surface area (Å²) < 4.78 is 0. The van der Waals surface area contributed by atoms with Crippen LogP contribution < -0.4 is 4.90 Å². The number of halogens is 1. The van der Waals surface area contributed by atoms with Gasteiger partial charge in [0.05, 0.1) is 17.7 Å². The molecule has 0 aromatic heterocycles. The minimum atomic E-state index is -0.279. The van der Waals surface area contributed by atoms with Crippen LogP contribution in [0.15, 0.2) is 29.3 Å². The third-order valence-electron chi connectivity index (χ3n) is 4.33. The molecule has 1 aromatic carbocycles. The highest BCUT2D eigenvalue weighted by molar-refractivity contribution is 6.30. The first kappa shape index (κ1) is 17.6. The highest BCUT2D eigenvalue weighted by atomic mass is 35.5. The van der Waals surface area contributed by atoms with Gasteiger partial charge >= 0.3 is 0 Å². The fraction of sp³-hybridized carbons (Fsp3) is 0.474. The quantitative estimate of drug-likeness (QED) is 0.769. The molecule has 2 rings (SSSR count). The smallest absolute Gasteiger partial charge is 0.179 e. The van der Waals surface area contributed by atoms with Crippen LogP contribution in [0.3, 0.4) is 0 Å². The van der Waals surface area contributed by atoms with E-state index in [9.17, 15) is 10.1 Å². The van der Waals surface area contributed by atoms with Gasteiger partial charge in [-0.25, -0.2) is 0 Å². The van der Waals surface area contributed by atoms with Crippen molar-refractivity contribution in [2.45, 2.75) is 46.1 Å². The van der Waals surface area contributed by atoms with E-state index < -0.39 is 0 Å². The number of benzene rings is 1. The van der Waals surface area contributed by atoms with Crippen molar-refractivity contribution in [3.05, 3.63) is 40.4 Å². The lowest BCUT2D eigenvalue weighted by molar-refractivity contribution is -0.116. The number of ketones is 1. The first-order chi connectivity index (χ1) is 10.7. The molecule has 1 heterocycles. The molecule has 23 heavy (non-hydrogen) atoms. The second kappa shape index (κ2) is 6.37.